The predicted octanol–water partition coefficient (Wildman–Crippen LogP) is 2.52. The molecule has 2 heterocycles. The van der Waals surface area contributed by atoms with Crippen LogP contribution in [0.4, 0.5) is 0 Å². The molecule has 4 heteroatoms. The van der Waals surface area contributed by atoms with Gasteiger partial charge in [0.25, 0.3) is 5.91 Å². The van der Waals surface area contributed by atoms with Crippen LogP contribution in [0.3, 0.4) is 0 Å². The number of piperidine rings is 1. The highest BCUT2D eigenvalue weighted by Gasteiger charge is 2.28. The minimum Gasteiger partial charge on any atom is -0.331 e. The highest BCUT2D eigenvalue weighted by molar-refractivity contribution is 5.92. The van der Waals surface area contributed by atoms with E-state index in [1.807, 2.05) is 17.9 Å². The fourth-order valence-electron chi connectivity index (χ4n) is 2.42. The van der Waals surface area contributed by atoms with Crippen LogP contribution in [0.25, 0.3) is 0 Å². The second-order valence-electron chi connectivity index (χ2n) is 4.90. The molecular weight excluding hydrogens is 238 g/mol. The molecule has 0 spiro atoms. The fourth-order valence-corrected chi connectivity index (χ4v) is 2.42. The zero-order chi connectivity index (χ0) is 13.8. The first-order chi connectivity index (χ1) is 9.13. The Hall–Kier alpha value is -2.15. The van der Waals surface area contributed by atoms with E-state index >= 15 is 0 Å². The Kier molecular flexibility index (Phi) is 3.96. The Labute approximate surface area is 113 Å². The third kappa shape index (κ3) is 2.82. The van der Waals surface area contributed by atoms with E-state index < -0.39 is 0 Å². The molecule has 0 N–H and O–H groups in total. The van der Waals surface area contributed by atoms with Crippen molar-refractivity contribution in [3.8, 4) is 6.07 Å². The molecule has 0 aliphatic carbocycles. The molecule has 1 aliphatic rings. The molecule has 1 aromatic heterocycles. The van der Waals surface area contributed by atoms with Gasteiger partial charge < -0.3 is 4.90 Å². The molecule has 4 nitrogen and oxygen atoms in total. The van der Waals surface area contributed by atoms with Gasteiger partial charge in [-0.1, -0.05) is 12.2 Å². The van der Waals surface area contributed by atoms with Gasteiger partial charge in [-0.05, 0) is 38.3 Å². The molecule has 0 bridgehead atoms. The first-order valence-electron chi connectivity index (χ1n) is 6.46. The number of carbonyl (C=O) groups excluding carboxylic acids is 1. The maximum atomic E-state index is 12.5. The summed E-state index contributed by atoms with van der Waals surface area (Å²) in [6.45, 7) is 6.68. The zero-order valence-corrected chi connectivity index (χ0v) is 11.1. The van der Waals surface area contributed by atoms with Gasteiger partial charge >= 0.3 is 0 Å². The molecule has 1 amide bonds. The van der Waals surface area contributed by atoms with Crippen LogP contribution in [0.15, 0.2) is 30.5 Å². The van der Waals surface area contributed by atoms with Crippen LogP contribution in [0.1, 0.15) is 42.2 Å². The van der Waals surface area contributed by atoms with Crippen molar-refractivity contribution in [2.45, 2.75) is 32.2 Å². The summed E-state index contributed by atoms with van der Waals surface area (Å²) in [6, 6.07) is 5.35. The van der Waals surface area contributed by atoms with Crippen molar-refractivity contribution in [1.29, 1.82) is 5.26 Å². The summed E-state index contributed by atoms with van der Waals surface area (Å²) in [5, 5.41) is 8.73. The van der Waals surface area contributed by atoms with E-state index in [9.17, 15) is 4.79 Å². The fraction of sp³-hybridized carbons (Fsp3) is 0.400. The number of amides is 1. The van der Waals surface area contributed by atoms with Crippen molar-refractivity contribution in [2.75, 3.05) is 6.54 Å². The number of hydrogen-bond donors (Lipinski definition) is 0. The molecule has 2 rings (SSSR count). The normalized spacial score (nSPS) is 18.7. The Morgan fingerprint density at radius 2 is 2.32 bits per heavy atom. The average Bonchev–Trinajstić information content (AvgIpc) is 2.46. The Morgan fingerprint density at radius 1 is 1.53 bits per heavy atom. The van der Waals surface area contributed by atoms with Gasteiger partial charge in [0.05, 0.1) is 11.6 Å². The van der Waals surface area contributed by atoms with Crippen LogP contribution >= 0.6 is 0 Å². The van der Waals surface area contributed by atoms with Gasteiger partial charge in [0.1, 0.15) is 11.8 Å². The molecule has 98 valence electrons. The Morgan fingerprint density at radius 3 is 2.89 bits per heavy atom. The molecule has 0 saturated carbocycles. The molecule has 1 fully saturated rings. The number of likely N-dealkylation sites (tertiary alicyclic amines) is 1. The van der Waals surface area contributed by atoms with Gasteiger partial charge in [-0.25, -0.2) is 4.98 Å². The van der Waals surface area contributed by atoms with Gasteiger partial charge in [-0.2, -0.15) is 5.26 Å². The summed E-state index contributed by atoms with van der Waals surface area (Å²) < 4.78 is 0. The van der Waals surface area contributed by atoms with Gasteiger partial charge in [0.2, 0.25) is 0 Å². The maximum Gasteiger partial charge on any atom is 0.272 e. The van der Waals surface area contributed by atoms with Gasteiger partial charge in [0, 0.05) is 12.7 Å². The standard InChI is InChI=1S/C15H17N3O/c1-11(2)14-5-3-4-8-18(14)15(19)13-7-6-12(9-16)10-17-13/h6-7,10,14H,1,3-5,8H2,2H3. The minimum absolute atomic E-state index is 0.0720. The number of rotatable bonds is 2. The van der Waals surface area contributed by atoms with Gasteiger partial charge in [-0.3, -0.25) is 4.79 Å². The van der Waals surface area contributed by atoms with Crippen molar-refractivity contribution >= 4 is 5.91 Å². The van der Waals surface area contributed by atoms with E-state index in [0.29, 0.717) is 11.3 Å². The van der Waals surface area contributed by atoms with Crippen LogP contribution in [0, 0.1) is 11.3 Å². The molecule has 1 aromatic rings. The Bertz CT molecular complexity index is 527. The van der Waals surface area contributed by atoms with E-state index in [-0.39, 0.29) is 11.9 Å². The second kappa shape index (κ2) is 5.66. The highest BCUT2D eigenvalue weighted by Crippen LogP contribution is 2.23. The van der Waals surface area contributed by atoms with Crippen molar-refractivity contribution in [3.05, 3.63) is 41.7 Å². The van der Waals surface area contributed by atoms with Crippen molar-refractivity contribution < 1.29 is 4.79 Å². The number of nitrogens with zero attached hydrogens (tertiary/aromatic N) is 3. The number of pyridine rings is 1. The highest BCUT2D eigenvalue weighted by atomic mass is 16.2. The van der Waals surface area contributed by atoms with Gasteiger partial charge in [0.15, 0.2) is 0 Å². The van der Waals surface area contributed by atoms with Crippen molar-refractivity contribution in [1.82, 2.24) is 9.88 Å². The van der Waals surface area contributed by atoms with Gasteiger partial charge in [-0.15, -0.1) is 0 Å². The third-order valence-corrected chi connectivity index (χ3v) is 3.44. The lowest BCUT2D eigenvalue weighted by molar-refractivity contribution is 0.0647. The van der Waals surface area contributed by atoms with Crippen molar-refractivity contribution in [2.24, 2.45) is 0 Å². The SMILES string of the molecule is C=C(C)C1CCCCN1C(=O)c1ccc(C#N)cn1. The lowest BCUT2D eigenvalue weighted by Gasteiger charge is -2.36. The number of hydrogen-bond acceptors (Lipinski definition) is 3. The summed E-state index contributed by atoms with van der Waals surface area (Å²) in [7, 11) is 0. The third-order valence-electron chi connectivity index (χ3n) is 3.44. The average molecular weight is 255 g/mol. The largest absolute Gasteiger partial charge is 0.331 e. The molecular formula is C15H17N3O. The van der Waals surface area contributed by atoms with E-state index in [2.05, 4.69) is 11.6 Å². The Balaban J connectivity index is 2.21. The van der Waals surface area contributed by atoms with Crippen LogP contribution in [0.5, 0.6) is 0 Å². The molecule has 0 aromatic carbocycles. The minimum atomic E-state index is -0.0720. The summed E-state index contributed by atoms with van der Waals surface area (Å²) in [5.41, 5.74) is 1.88. The summed E-state index contributed by atoms with van der Waals surface area (Å²) >= 11 is 0. The molecule has 1 aliphatic heterocycles. The van der Waals surface area contributed by atoms with E-state index in [1.165, 1.54) is 6.20 Å². The summed E-state index contributed by atoms with van der Waals surface area (Å²) in [4.78, 5) is 18.4. The molecule has 1 unspecified atom stereocenters. The van der Waals surface area contributed by atoms with E-state index in [4.69, 9.17) is 5.26 Å². The number of nitriles is 1. The van der Waals surface area contributed by atoms with Crippen LogP contribution in [-0.2, 0) is 0 Å². The van der Waals surface area contributed by atoms with Crippen LogP contribution in [-0.4, -0.2) is 28.4 Å². The first-order valence-corrected chi connectivity index (χ1v) is 6.46. The number of carbonyl (C=O) groups is 1. The number of aromatic nitrogens is 1. The summed E-state index contributed by atoms with van der Waals surface area (Å²) in [5.74, 6) is -0.0720. The summed E-state index contributed by atoms with van der Waals surface area (Å²) in [6.07, 6.45) is 4.55. The molecule has 0 radical (unpaired) electrons. The zero-order valence-electron chi connectivity index (χ0n) is 11.1. The predicted molar refractivity (Wildman–Crippen MR) is 72.4 cm³/mol. The van der Waals surface area contributed by atoms with E-state index in [1.54, 1.807) is 12.1 Å². The topological polar surface area (TPSA) is 57.0 Å². The quantitative estimate of drug-likeness (QED) is 0.763. The monoisotopic (exact) mass is 255 g/mol. The van der Waals surface area contributed by atoms with Crippen LogP contribution < -0.4 is 0 Å². The first kappa shape index (κ1) is 13.3. The second-order valence-corrected chi connectivity index (χ2v) is 4.90. The smallest absolute Gasteiger partial charge is 0.272 e. The van der Waals surface area contributed by atoms with Crippen LogP contribution in [0.2, 0.25) is 0 Å². The lowest BCUT2D eigenvalue weighted by atomic mass is 9.96. The van der Waals surface area contributed by atoms with Crippen molar-refractivity contribution in [3.63, 3.8) is 0 Å². The molecule has 1 saturated heterocycles. The maximum absolute atomic E-state index is 12.5. The molecule has 1 atom stereocenters. The van der Waals surface area contributed by atoms with E-state index in [0.717, 1.165) is 31.4 Å². The molecule has 19 heavy (non-hydrogen) atoms. The lowest BCUT2D eigenvalue weighted by Crippen LogP contribution is -2.44.